The van der Waals surface area contributed by atoms with Gasteiger partial charge in [0.2, 0.25) is 0 Å². The Hall–Kier alpha value is -2.04. The van der Waals surface area contributed by atoms with Crippen molar-refractivity contribution in [2.45, 2.75) is 46.3 Å². The van der Waals surface area contributed by atoms with Gasteiger partial charge in [-0.3, -0.25) is 4.79 Å². The predicted molar refractivity (Wildman–Crippen MR) is 80.1 cm³/mol. The summed E-state index contributed by atoms with van der Waals surface area (Å²) in [5.74, 6) is -0.212. The van der Waals surface area contributed by atoms with Crippen LogP contribution in [0.5, 0.6) is 5.75 Å². The fraction of sp³-hybridized carbons (Fsp3) is 0.500. The first-order valence-electron chi connectivity index (χ1n) is 6.89. The molecule has 1 aromatic rings. The second kappa shape index (κ2) is 7.11. The van der Waals surface area contributed by atoms with Crippen LogP contribution in [0, 0.1) is 6.92 Å². The minimum Gasteiger partial charge on any atom is -0.484 e. The van der Waals surface area contributed by atoms with Crippen LogP contribution in [0.1, 0.15) is 33.3 Å². The van der Waals surface area contributed by atoms with Crippen LogP contribution in [-0.4, -0.2) is 30.1 Å². The topological polar surface area (TPSA) is 64.6 Å². The first-order chi connectivity index (χ1) is 9.67. The lowest BCUT2D eigenvalue weighted by molar-refractivity contribution is -0.158. The number of amides is 1. The second-order valence-corrected chi connectivity index (χ2v) is 5.93. The summed E-state index contributed by atoms with van der Waals surface area (Å²) >= 11 is 0. The Morgan fingerprint density at radius 3 is 2.52 bits per heavy atom. The highest BCUT2D eigenvalue weighted by atomic mass is 16.6. The average Bonchev–Trinajstić information content (AvgIpc) is 2.34. The van der Waals surface area contributed by atoms with Crippen LogP contribution in [0.3, 0.4) is 0 Å². The molecule has 0 aliphatic carbocycles. The van der Waals surface area contributed by atoms with E-state index in [-0.39, 0.29) is 12.5 Å². The van der Waals surface area contributed by atoms with Gasteiger partial charge in [0.15, 0.2) is 6.61 Å². The summed E-state index contributed by atoms with van der Waals surface area (Å²) in [7, 11) is 0. The van der Waals surface area contributed by atoms with Gasteiger partial charge in [-0.15, -0.1) is 0 Å². The molecular formula is C16H23NO4. The van der Waals surface area contributed by atoms with E-state index >= 15 is 0 Å². The van der Waals surface area contributed by atoms with Crippen molar-refractivity contribution < 1.29 is 19.1 Å². The molecule has 1 aromatic carbocycles. The summed E-state index contributed by atoms with van der Waals surface area (Å²) in [6.45, 7) is 8.72. The molecule has 1 amide bonds. The molecule has 0 saturated carbocycles. The molecule has 1 rings (SSSR count). The molecule has 0 aliphatic rings. The van der Waals surface area contributed by atoms with Gasteiger partial charge >= 0.3 is 5.97 Å². The van der Waals surface area contributed by atoms with E-state index in [4.69, 9.17) is 9.47 Å². The Balaban J connectivity index is 2.41. The molecule has 0 aromatic heterocycles. The van der Waals surface area contributed by atoms with E-state index in [0.29, 0.717) is 5.75 Å². The van der Waals surface area contributed by atoms with Gasteiger partial charge in [-0.25, -0.2) is 4.79 Å². The molecular weight excluding hydrogens is 270 g/mol. The van der Waals surface area contributed by atoms with Crippen LogP contribution in [0.15, 0.2) is 24.3 Å². The van der Waals surface area contributed by atoms with Gasteiger partial charge in [-0.2, -0.15) is 0 Å². The maximum Gasteiger partial charge on any atom is 0.328 e. The monoisotopic (exact) mass is 293 g/mol. The summed E-state index contributed by atoms with van der Waals surface area (Å²) in [6, 6.07) is 6.70. The summed E-state index contributed by atoms with van der Waals surface area (Å²) < 4.78 is 10.6. The molecule has 0 saturated heterocycles. The number of carbonyl (C=O) groups excluding carboxylic acids is 2. The van der Waals surface area contributed by atoms with Crippen molar-refractivity contribution in [3.63, 3.8) is 0 Å². The standard InChI is InChI=1S/C16H23NO4/c1-11-7-6-8-13(9-11)20-10-14(18)17-12(2)15(19)21-16(3,4)5/h6-9,12H,10H2,1-5H3,(H,17,18)/t12-/m1/s1. The number of aryl methyl sites for hydroxylation is 1. The third-order valence-corrected chi connectivity index (χ3v) is 2.50. The lowest BCUT2D eigenvalue weighted by atomic mass is 10.2. The third kappa shape index (κ3) is 6.79. The number of hydrogen-bond donors (Lipinski definition) is 1. The summed E-state index contributed by atoms with van der Waals surface area (Å²) in [5.41, 5.74) is 0.476. The zero-order valence-corrected chi connectivity index (χ0v) is 13.2. The molecule has 0 heterocycles. The fourth-order valence-electron chi connectivity index (χ4n) is 1.59. The van der Waals surface area contributed by atoms with Crippen LogP contribution < -0.4 is 10.1 Å². The van der Waals surface area contributed by atoms with Crippen molar-refractivity contribution in [1.82, 2.24) is 5.32 Å². The highest BCUT2D eigenvalue weighted by molar-refractivity contribution is 5.85. The molecule has 0 aliphatic heterocycles. The minimum atomic E-state index is -0.710. The van der Waals surface area contributed by atoms with Gasteiger partial charge in [-0.1, -0.05) is 12.1 Å². The molecule has 0 radical (unpaired) electrons. The summed E-state index contributed by atoms with van der Waals surface area (Å²) in [5, 5.41) is 2.55. The van der Waals surface area contributed by atoms with E-state index in [2.05, 4.69) is 5.32 Å². The molecule has 0 unspecified atom stereocenters. The van der Waals surface area contributed by atoms with Gasteiger partial charge in [0, 0.05) is 0 Å². The molecule has 5 nitrogen and oxygen atoms in total. The maximum absolute atomic E-state index is 11.7. The van der Waals surface area contributed by atoms with Crippen LogP contribution in [0.25, 0.3) is 0 Å². The zero-order chi connectivity index (χ0) is 16.0. The number of nitrogens with one attached hydrogen (secondary N) is 1. The highest BCUT2D eigenvalue weighted by Crippen LogP contribution is 2.12. The molecule has 0 bridgehead atoms. The Bertz CT molecular complexity index is 505. The van der Waals surface area contributed by atoms with Crippen molar-refractivity contribution in [3.8, 4) is 5.75 Å². The van der Waals surface area contributed by atoms with Crippen molar-refractivity contribution in [2.75, 3.05) is 6.61 Å². The third-order valence-electron chi connectivity index (χ3n) is 2.50. The van der Waals surface area contributed by atoms with Crippen LogP contribution >= 0.6 is 0 Å². The Kier molecular flexibility index (Phi) is 5.76. The average molecular weight is 293 g/mol. The zero-order valence-electron chi connectivity index (χ0n) is 13.2. The second-order valence-electron chi connectivity index (χ2n) is 5.93. The number of carbonyl (C=O) groups is 2. The molecule has 0 fully saturated rings. The van der Waals surface area contributed by atoms with Gasteiger partial charge in [-0.05, 0) is 52.3 Å². The molecule has 1 atom stereocenters. The molecule has 21 heavy (non-hydrogen) atoms. The number of esters is 1. The van der Waals surface area contributed by atoms with Gasteiger partial charge in [0.05, 0.1) is 0 Å². The maximum atomic E-state index is 11.7. The van der Waals surface area contributed by atoms with Gasteiger partial charge in [0.1, 0.15) is 17.4 Å². The van der Waals surface area contributed by atoms with Gasteiger partial charge < -0.3 is 14.8 Å². The largest absolute Gasteiger partial charge is 0.484 e. The van der Waals surface area contributed by atoms with Crippen molar-refractivity contribution in [3.05, 3.63) is 29.8 Å². The first kappa shape index (κ1) is 17.0. The highest BCUT2D eigenvalue weighted by Gasteiger charge is 2.22. The van der Waals surface area contributed by atoms with E-state index in [1.165, 1.54) is 0 Å². The normalized spacial score (nSPS) is 12.4. The smallest absolute Gasteiger partial charge is 0.328 e. The molecule has 116 valence electrons. The van der Waals surface area contributed by atoms with E-state index in [1.807, 2.05) is 25.1 Å². The van der Waals surface area contributed by atoms with E-state index in [9.17, 15) is 9.59 Å². The SMILES string of the molecule is Cc1cccc(OCC(=O)N[C@H](C)C(=O)OC(C)(C)C)c1. The number of hydrogen-bond acceptors (Lipinski definition) is 4. The Morgan fingerprint density at radius 1 is 1.29 bits per heavy atom. The Morgan fingerprint density at radius 2 is 1.95 bits per heavy atom. The lowest BCUT2D eigenvalue weighted by Gasteiger charge is -2.22. The number of rotatable bonds is 5. The molecule has 1 N–H and O–H groups in total. The van der Waals surface area contributed by atoms with E-state index in [0.717, 1.165) is 5.56 Å². The quantitative estimate of drug-likeness (QED) is 0.845. The minimum absolute atomic E-state index is 0.142. The number of ether oxygens (including phenoxy) is 2. The first-order valence-corrected chi connectivity index (χ1v) is 6.89. The van der Waals surface area contributed by atoms with Gasteiger partial charge in [0.25, 0.3) is 5.91 Å². The van der Waals surface area contributed by atoms with Crippen molar-refractivity contribution >= 4 is 11.9 Å². The van der Waals surface area contributed by atoms with E-state index in [1.54, 1.807) is 33.8 Å². The summed E-state index contributed by atoms with van der Waals surface area (Å²) in [6.07, 6.45) is 0. The lowest BCUT2D eigenvalue weighted by Crippen LogP contribution is -2.43. The Labute approximate surface area is 125 Å². The predicted octanol–water partition coefficient (Wildman–Crippen LogP) is 2.22. The van der Waals surface area contributed by atoms with Crippen LogP contribution in [0.2, 0.25) is 0 Å². The van der Waals surface area contributed by atoms with Crippen LogP contribution in [-0.2, 0) is 14.3 Å². The van der Waals surface area contributed by atoms with Crippen molar-refractivity contribution in [2.24, 2.45) is 0 Å². The van der Waals surface area contributed by atoms with Crippen molar-refractivity contribution in [1.29, 1.82) is 0 Å². The fourth-order valence-corrected chi connectivity index (χ4v) is 1.59. The molecule has 5 heteroatoms. The van der Waals surface area contributed by atoms with Crippen LogP contribution in [0.4, 0.5) is 0 Å². The number of benzene rings is 1. The van der Waals surface area contributed by atoms with E-state index < -0.39 is 17.6 Å². The summed E-state index contributed by atoms with van der Waals surface area (Å²) in [4.78, 5) is 23.5. The molecule has 0 spiro atoms.